The highest BCUT2D eigenvalue weighted by Crippen LogP contribution is 2.43. The van der Waals surface area contributed by atoms with Gasteiger partial charge in [0.25, 0.3) is 0 Å². The molecule has 0 spiro atoms. The van der Waals surface area contributed by atoms with Gasteiger partial charge in [-0.25, -0.2) is 10.3 Å². The fourth-order valence-electron chi connectivity index (χ4n) is 5.49. The summed E-state index contributed by atoms with van der Waals surface area (Å²) >= 11 is 0. The third-order valence-corrected chi connectivity index (χ3v) is 7.38. The molecular formula is C27H30F3N3O5. The zero-order chi connectivity index (χ0) is 27.3. The quantitative estimate of drug-likeness (QED) is 0.336. The number of para-hydroxylation sites is 1. The average Bonchev–Trinajstić information content (AvgIpc) is 2.93. The molecule has 38 heavy (non-hydrogen) atoms. The number of carbonyl (C=O) groups excluding carboxylic acids is 3. The van der Waals surface area contributed by atoms with Crippen LogP contribution in [-0.2, 0) is 25.5 Å². The van der Waals surface area contributed by atoms with Gasteiger partial charge >= 0.3 is 12.1 Å². The van der Waals surface area contributed by atoms with E-state index in [0.717, 1.165) is 5.69 Å². The summed E-state index contributed by atoms with van der Waals surface area (Å²) in [4.78, 5) is 42.0. The number of nitrogens with zero attached hydrogens (tertiary/aromatic N) is 2. The molecule has 2 aliphatic rings. The van der Waals surface area contributed by atoms with Crippen molar-refractivity contribution in [1.82, 2.24) is 10.4 Å². The zero-order valence-electron chi connectivity index (χ0n) is 20.7. The molecule has 1 saturated carbocycles. The van der Waals surface area contributed by atoms with Gasteiger partial charge in [-0.3, -0.25) is 14.8 Å². The standard InChI is InChI=1S/C27H30F3N3O5/c28-27(29,30)25(36)38-26(17-19-7-3-1-4-8-19)12-11-21(22(18-26)23(34)31-37)24(35)33-15-13-32(14-16-33)20-9-5-2-6-10-20/h1-10,21-22,37H,11-18H2,(H,31,34)/t21-,22-,26-/m0/s1. The van der Waals surface area contributed by atoms with Gasteiger partial charge in [-0.1, -0.05) is 48.5 Å². The van der Waals surface area contributed by atoms with E-state index in [0.29, 0.717) is 31.7 Å². The Morgan fingerprint density at radius 2 is 1.55 bits per heavy atom. The van der Waals surface area contributed by atoms with E-state index in [4.69, 9.17) is 4.74 Å². The van der Waals surface area contributed by atoms with Gasteiger partial charge in [-0.05, 0) is 37.0 Å². The Hall–Kier alpha value is -3.60. The SMILES string of the molecule is O=C(NO)[C@H]1C[C@](Cc2ccccc2)(OC(=O)C(F)(F)F)CC[C@@H]1C(=O)N1CCN(c2ccccc2)CC1. The highest BCUT2D eigenvalue weighted by atomic mass is 19.4. The van der Waals surface area contributed by atoms with E-state index in [1.807, 2.05) is 30.3 Å². The number of rotatable bonds is 6. The van der Waals surface area contributed by atoms with Crippen LogP contribution in [0.1, 0.15) is 24.8 Å². The van der Waals surface area contributed by atoms with Crippen LogP contribution in [0.15, 0.2) is 60.7 Å². The maximum Gasteiger partial charge on any atom is 0.490 e. The van der Waals surface area contributed by atoms with Crippen LogP contribution in [0.5, 0.6) is 0 Å². The van der Waals surface area contributed by atoms with Crippen molar-refractivity contribution in [2.45, 2.75) is 37.5 Å². The minimum Gasteiger partial charge on any atom is -0.452 e. The van der Waals surface area contributed by atoms with Crippen LogP contribution in [0.2, 0.25) is 0 Å². The summed E-state index contributed by atoms with van der Waals surface area (Å²) in [5, 5.41) is 9.41. The number of esters is 1. The first kappa shape index (κ1) is 27.4. The first-order chi connectivity index (χ1) is 18.1. The van der Waals surface area contributed by atoms with E-state index in [1.54, 1.807) is 40.7 Å². The molecular weight excluding hydrogens is 503 g/mol. The summed E-state index contributed by atoms with van der Waals surface area (Å²) in [6, 6.07) is 18.3. The minimum absolute atomic E-state index is 0.0216. The number of piperazine rings is 1. The molecule has 1 aliphatic heterocycles. The lowest BCUT2D eigenvalue weighted by Gasteiger charge is -2.45. The molecule has 2 aromatic rings. The third kappa shape index (κ3) is 6.27. The molecule has 3 atom stereocenters. The van der Waals surface area contributed by atoms with Gasteiger partial charge in [-0.15, -0.1) is 0 Å². The lowest BCUT2D eigenvalue weighted by Crippen LogP contribution is -2.56. The molecule has 8 nitrogen and oxygen atoms in total. The number of alkyl halides is 3. The predicted molar refractivity (Wildman–Crippen MR) is 131 cm³/mol. The summed E-state index contributed by atoms with van der Waals surface area (Å²) in [5.74, 6) is -5.61. The van der Waals surface area contributed by atoms with Crippen LogP contribution in [-0.4, -0.2) is 65.8 Å². The lowest BCUT2D eigenvalue weighted by molar-refractivity contribution is -0.219. The second-order valence-electron chi connectivity index (χ2n) is 9.81. The number of benzene rings is 2. The average molecular weight is 534 g/mol. The molecule has 11 heteroatoms. The molecule has 0 unspecified atom stereocenters. The van der Waals surface area contributed by atoms with Crippen LogP contribution < -0.4 is 10.4 Å². The first-order valence-electron chi connectivity index (χ1n) is 12.5. The normalized spacial score (nSPS) is 24.0. The number of carbonyl (C=O) groups is 3. The molecule has 4 rings (SSSR count). The minimum atomic E-state index is -5.22. The number of halogens is 3. The van der Waals surface area contributed by atoms with Crippen LogP contribution >= 0.6 is 0 Å². The lowest BCUT2D eigenvalue weighted by atomic mass is 9.68. The van der Waals surface area contributed by atoms with Gasteiger partial charge in [0.15, 0.2) is 0 Å². The number of nitrogens with one attached hydrogen (secondary N) is 1. The summed E-state index contributed by atoms with van der Waals surface area (Å²) in [6.45, 7) is 1.99. The molecule has 2 amide bonds. The molecule has 2 aromatic carbocycles. The van der Waals surface area contributed by atoms with Crippen LogP contribution in [0.25, 0.3) is 0 Å². The number of ether oxygens (including phenoxy) is 1. The molecule has 0 bridgehead atoms. The summed E-state index contributed by atoms with van der Waals surface area (Å²) in [7, 11) is 0. The van der Waals surface area contributed by atoms with Crippen LogP contribution in [0, 0.1) is 11.8 Å². The smallest absolute Gasteiger partial charge is 0.452 e. The van der Waals surface area contributed by atoms with Crippen molar-refractivity contribution in [3.63, 3.8) is 0 Å². The second kappa shape index (κ2) is 11.4. The van der Waals surface area contributed by atoms with E-state index < -0.39 is 35.5 Å². The zero-order valence-corrected chi connectivity index (χ0v) is 20.7. The van der Waals surface area contributed by atoms with Crippen molar-refractivity contribution < 1.29 is 37.5 Å². The molecule has 204 valence electrons. The maximum absolute atomic E-state index is 13.5. The predicted octanol–water partition coefficient (Wildman–Crippen LogP) is 3.34. The van der Waals surface area contributed by atoms with Gasteiger partial charge in [0, 0.05) is 38.3 Å². The Bertz CT molecular complexity index is 1120. The Morgan fingerprint density at radius 1 is 0.947 bits per heavy atom. The van der Waals surface area contributed by atoms with Crippen molar-refractivity contribution >= 4 is 23.5 Å². The van der Waals surface area contributed by atoms with Gasteiger partial charge in [-0.2, -0.15) is 13.2 Å². The number of hydrogen-bond acceptors (Lipinski definition) is 6. The van der Waals surface area contributed by atoms with Crippen LogP contribution in [0.4, 0.5) is 18.9 Å². The van der Waals surface area contributed by atoms with Crippen LogP contribution in [0.3, 0.4) is 0 Å². The molecule has 1 saturated heterocycles. The van der Waals surface area contributed by atoms with E-state index in [-0.39, 0.29) is 31.6 Å². The third-order valence-electron chi connectivity index (χ3n) is 7.38. The Morgan fingerprint density at radius 3 is 2.13 bits per heavy atom. The van der Waals surface area contributed by atoms with E-state index in [2.05, 4.69) is 4.90 Å². The molecule has 0 aromatic heterocycles. The Kier molecular flexibility index (Phi) is 8.25. The van der Waals surface area contributed by atoms with Gasteiger partial charge in [0.05, 0.1) is 11.8 Å². The molecule has 0 radical (unpaired) electrons. The number of hydroxylamine groups is 1. The van der Waals surface area contributed by atoms with Crippen molar-refractivity contribution in [3.8, 4) is 0 Å². The van der Waals surface area contributed by atoms with Crippen molar-refractivity contribution in [2.75, 3.05) is 31.1 Å². The maximum atomic E-state index is 13.5. The molecule has 2 fully saturated rings. The van der Waals surface area contributed by atoms with Crippen molar-refractivity contribution in [3.05, 3.63) is 66.2 Å². The monoisotopic (exact) mass is 533 g/mol. The topological polar surface area (TPSA) is 99.2 Å². The second-order valence-corrected chi connectivity index (χ2v) is 9.81. The van der Waals surface area contributed by atoms with E-state index >= 15 is 0 Å². The Balaban J connectivity index is 1.53. The first-order valence-corrected chi connectivity index (χ1v) is 12.5. The summed E-state index contributed by atoms with van der Waals surface area (Å²) < 4.78 is 44.6. The number of amides is 2. The van der Waals surface area contributed by atoms with Crippen molar-refractivity contribution in [2.24, 2.45) is 11.8 Å². The summed E-state index contributed by atoms with van der Waals surface area (Å²) in [5.41, 5.74) is 1.54. The van der Waals surface area contributed by atoms with Gasteiger partial charge in [0.2, 0.25) is 11.8 Å². The number of anilines is 1. The van der Waals surface area contributed by atoms with Gasteiger partial charge in [0.1, 0.15) is 5.60 Å². The largest absolute Gasteiger partial charge is 0.490 e. The molecule has 1 heterocycles. The highest BCUT2D eigenvalue weighted by Gasteiger charge is 2.53. The van der Waals surface area contributed by atoms with Crippen molar-refractivity contribution in [1.29, 1.82) is 0 Å². The molecule has 1 aliphatic carbocycles. The van der Waals surface area contributed by atoms with E-state index in [9.17, 15) is 32.8 Å². The molecule has 2 N–H and O–H groups in total. The Labute approximate surface area is 218 Å². The fraction of sp³-hybridized carbons (Fsp3) is 0.444. The summed E-state index contributed by atoms with van der Waals surface area (Å²) in [6.07, 6.45) is -5.64. The fourth-order valence-corrected chi connectivity index (χ4v) is 5.49. The van der Waals surface area contributed by atoms with E-state index in [1.165, 1.54) is 0 Å². The highest BCUT2D eigenvalue weighted by molar-refractivity contribution is 5.88. The number of hydrogen-bond donors (Lipinski definition) is 2. The van der Waals surface area contributed by atoms with Gasteiger partial charge < -0.3 is 14.5 Å².